The van der Waals surface area contributed by atoms with Crippen LogP contribution in [0.25, 0.3) is 93.2 Å². The van der Waals surface area contributed by atoms with E-state index in [2.05, 4.69) is 260 Å². The Hall–Kier alpha value is -7.94. The Labute approximate surface area is 418 Å². The number of benzene rings is 10. The van der Waals surface area contributed by atoms with Crippen molar-refractivity contribution >= 4 is 71.2 Å². The average molecular weight is 918 g/mol. The molecule has 0 radical (unpaired) electrons. The minimum absolute atomic E-state index is 0.0177. The largest absolute Gasteiger partial charge is 0.455 e. The van der Waals surface area contributed by atoms with E-state index in [4.69, 9.17) is 4.42 Å². The number of para-hydroxylation sites is 3. The Morgan fingerprint density at radius 3 is 1.85 bits per heavy atom. The first-order chi connectivity index (χ1) is 34.4. The van der Waals surface area contributed by atoms with E-state index in [1.165, 1.54) is 82.5 Å². The molecule has 1 aliphatic rings. The fourth-order valence-electron chi connectivity index (χ4n) is 11.1. The van der Waals surface area contributed by atoms with Gasteiger partial charge in [-0.15, -0.1) is 0 Å². The summed E-state index contributed by atoms with van der Waals surface area (Å²) >= 11 is 0. The second kappa shape index (κ2) is 17.2. The molecule has 2 nitrogen and oxygen atoms in total. The second-order valence-corrected chi connectivity index (χ2v) is 21.8. The molecule has 11 aromatic rings. The minimum atomic E-state index is -0.0177. The number of hydrogen-bond acceptors (Lipinski definition) is 2. The molecule has 0 fully saturated rings. The Kier molecular flexibility index (Phi) is 10.7. The van der Waals surface area contributed by atoms with Gasteiger partial charge in [-0.1, -0.05) is 237 Å². The maximum Gasteiger partial charge on any atom is 0.143 e. The summed E-state index contributed by atoms with van der Waals surface area (Å²) in [5, 5.41) is 9.74. The van der Waals surface area contributed by atoms with E-state index >= 15 is 0 Å². The molecule has 0 saturated heterocycles. The van der Waals surface area contributed by atoms with Crippen LogP contribution in [0.5, 0.6) is 0 Å². The van der Waals surface area contributed by atoms with Gasteiger partial charge in [0, 0.05) is 38.9 Å². The van der Waals surface area contributed by atoms with Crippen LogP contribution >= 0.6 is 0 Å². The lowest BCUT2D eigenvalue weighted by atomic mass is 9.78. The van der Waals surface area contributed by atoms with E-state index in [9.17, 15) is 0 Å². The molecule has 71 heavy (non-hydrogen) atoms. The van der Waals surface area contributed by atoms with Gasteiger partial charge >= 0.3 is 0 Å². The number of hydrogen-bond donors (Lipinski definition) is 0. The number of furan rings is 1. The van der Waals surface area contributed by atoms with E-state index in [0.29, 0.717) is 5.92 Å². The predicted octanol–water partition coefficient (Wildman–Crippen LogP) is 19.8. The van der Waals surface area contributed by atoms with Crippen LogP contribution in [-0.4, -0.2) is 0 Å². The predicted molar refractivity (Wildman–Crippen MR) is 305 cm³/mol. The molecule has 0 bridgehead atoms. The molecule has 1 heterocycles. The first kappa shape index (κ1) is 44.3. The summed E-state index contributed by atoms with van der Waals surface area (Å²) in [6.07, 6.45) is 5.95. The quantitative estimate of drug-likeness (QED) is 0.148. The van der Waals surface area contributed by atoms with Crippen molar-refractivity contribution in [2.75, 3.05) is 4.90 Å². The molecule has 0 N–H and O–H groups in total. The lowest BCUT2D eigenvalue weighted by Gasteiger charge is -2.34. The molecule has 2 heteroatoms. The summed E-state index contributed by atoms with van der Waals surface area (Å²) in [5.41, 5.74) is 17.3. The molecule has 1 unspecified atom stereocenters. The maximum absolute atomic E-state index is 6.68. The van der Waals surface area contributed by atoms with Crippen molar-refractivity contribution in [3.63, 3.8) is 0 Å². The summed E-state index contributed by atoms with van der Waals surface area (Å²) in [6.45, 7) is 16.3. The summed E-state index contributed by atoms with van der Waals surface area (Å²) in [5.74, 6) is 0.327. The van der Waals surface area contributed by atoms with Gasteiger partial charge < -0.3 is 9.32 Å². The number of allylic oxidation sites excluding steroid dienone is 3. The van der Waals surface area contributed by atoms with Crippen molar-refractivity contribution in [3.8, 4) is 33.4 Å². The van der Waals surface area contributed by atoms with Gasteiger partial charge in [-0.05, 0) is 119 Å². The molecule has 12 rings (SSSR count). The Bertz CT molecular complexity index is 3920. The van der Waals surface area contributed by atoms with E-state index in [-0.39, 0.29) is 10.8 Å². The van der Waals surface area contributed by atoms with Crippen LogP contribution in [0.4, 0.5) is 11.4 Å². The van der Waals surface area contributed by atoms with Gasteiger partial charge in [-0.3, -0.25) is 0 Å². The Morgan fingerprint density at radius 2 is 1.06 bits per heavy atom. The van der Waals surface area contributed by atoms with Gasteiger partial charge in [0.15, 0.2) is 0 Å². The highest BCUT2D eigenvalue weighted by atomic mass is 16.3. The monoisotopic (exact) mass is 917 g/mol. The third kappa shape index (κ3) is 7.83. The van der Waals surface area contributed by atoms with Crippen LogP contribution in [-0.2, 0) is 10.8 Å². The van der Waals surface area contributed by atoms with Gasteiger partial charge in [0.05, 0.1) is 5.69 Å². The fourth-order valence-corrected chi connectivity index (χ4v) is 11.1. The molecule has 1 aromatic heterocycles. The van der Waals surface area contributed by atoms with Gasteiger partial charge in [0.1, 0.15) is 11.2 Å². The molecule has 10 aromatic carbocycles. The van der Waals surface area contributed by atoms with E-state index in [1.54, 1.807) is 0 Å². The summed E-state index contributed by atoms with van der Waals surface area (Å²) in [7, 11) is 0. The highest BCUT2D eigenvalue weighted by Crippen LogP contribution is 2.49. The molecule has 1 atom stereocenters. The highest BCUT2D eigenvalue weighted by molar-refractivity contribution is 6.14. The molecule has 346 valence electrons. The summed E-state index contributed by atoms with van der Waals surface area (Å²) < 4.78 is 6.68. The molecule has 0 aliphatic heterocycles. The average Bonchev–Trinajstić information content (AvgIpc) is 3.77. The Balaban J connectivity index is 1.11. The molecular weight excluding hydrogens is 859 g/mol. The molecule has 0 spiro atoms. The van der Waals surface area contributed by atoms with Crippen molar-refractivity contribution < 1.29 is 4.42 Å². The summed E-state index contributed by atoms with van der Waals surface area (Å²) in [4.78, 5) is 2.55. The molecule has 0 saturated carbocycles. The van der Waals surface area contributed by atoms with Crippen molar-refractivity contribution in [1.29, 1.82) is 0 Å². The maximum atomic E-state index is 6.68. The smallest absolute Gasteiger partial charge is 0.143 e. The van der Waals surface area contributed by atoms with Gasteiger partial charge in [-0.25, -0.2) is 0 Å². The minimum Gasteiger partial charge on any atom is -0.455 e. The van der Waals surface area contributed by atoms with Crippen LogP contribution < -0.4 is 4.90 Å². The molecular formula is C69H59NO. The van der Waals surface area contributed by atoms with Gasteiger partial charge in [-0.2, -0.15) is 0 Å². The van der Waals surface area contributed by atoms with Crippen LogP contribution in [0.2, 0.25) is 0 Å². The second-order valence-electron chi connectivity index (χ2n) is 21.8. The van der Waals surface area contributed by atoms with Crippen molar-refractivity contribution in [1.82, 2.24) is 0 Å². The van der Waals surface area contributed by atoms with Crippen LogP contribution in [0.1, 0.15) is 71.6 Å². The molecule has 1 aliphatic carbocycles. The van der Waals surface area contributed by atoms with E-state index < -0.39 is 0 Å². The molecule has 0 amide bonds. The third-order valence-corrected chi connectivity index (χ3v) is 14.9. The van der Waals surface area contributed by atoms with Crippen LogP contribution in [0.3, 0.4) is 0 Å². The normalized spacial score (nSPS) is 14.4. The van der Waals surface area contributed by atoms with Crippen LogP contribution in [0.15, 0.2) is 222 Å². The van der Waals surface area contributed by atoms with Crippen LogP contribution in [0, 0.1) is 5.92 Å². The summed E-state index contributed by atoms with van der Waals surface area (Å²) in [6, 6.07) is 74.2. The SMILES string of the molecule is CC1C=C(c2cccc3cccc(-c4cc(C(C)(C)C)cc(C(C)(C)C)c4)c23)C(N(c2cccc(-c3cccc4c3oc3ccccc34)c2)c2ccccc2-c2cccc3c2ccc2ccccc23)=CC1. The first-order valence-corrected chi connectivity index (χ1v) is 25.3. The van der Waals surface area contributed by atoms with E-state index in [0.717, 1.165) is 50.9 Å². The zero-order chi connectivity index (χ0) is 48.6. The number of anilines is 2. The lowest BCUT2D eigenvalue weighted by Crippen LogP contribution is -2.21. The number of nitrogens with zero attached hydrogens (tertiary/aromatic N) is 1. The van der Waals surface area contributed by atoms with Gasteiger partial charge in [0.2, 0.25) is 0 Å². The third-order valence-electron chi connectivity index (χ3n) is 14.9. The lowest BCUT2D eigenvalue weighted by molar-refractivity contribution is 0.569. The zero-order valence-corrected chi connectivity index (χ0v) is 41.8. The fraction of sp³-hybridized carbons (Fsp3) is 0.159. The Morgan fingerprint density at radius 1 is 0.451 bits per heavy atom. The van der Waals surface area contributed by atoms with Crippen molar-refractivity contribution in [3.05, 3.63) is 235 Å². The van der Waals surface area contributed by atoms with Gasteiger partial charge in [0.25, 0.3) is 0 Å². The highest BCUT2D eigenvalue weighted by Gasteiger charge is 2.29. The number of fused-ring (bicyclic) bond motifs is 7. The number of rotatable bonds is 7. The standard InChI is InChI=1S/C69H59NO/c1-44-35-38-64(62(39-44)60-31-16-21-46-20-15-27-53(66(46)60)48-40-49(68(2,3)4)43-50(41-48)69(5,6)7)70(51-23-14-22-47(42-51)54-28-17-32-61-59-26-11-13-34-65(59)71-67(54)61)63-33-12-10-25-58(63)56-30-18-29-55-52-24-9-8-19-45(52)36-37-57(55)56/h8-34,36-44H,35H2,1-7H3. The van der Waals surface area contributed by atoms with Crippen molar-refractivity contribution in [2.24, 2.45) is 5.92 Å². The van der Waals surface area contributed by atoms with E-state index in [1.807, 2.05) is 6.07 Å². The zero-order valence-electron chi connectivity index (χ0n) is 41.8. The first-order valence-electron chi connectivity index (χ1n) is 25.3. The van der Waals surface area contributed by atoms with Crippen molar-refractivity contribution in [2.45, 2.75) is 65.7 Å². The topological polar surface area (TPSA) is 16.4 Å².